The van der Waals surface area contributed by atoms with Crippen LogP contribution in [0.15, 0.2) is 18.2 Å². The monoisotopic (exact) mass is 259 g/mol. The summed E-state index contributed by atoms with van der Waals surface area (Å²) in [6.45, 7) is 1.31. The Morgan fingerprint density at radius 2 is 2.24 bits per heavy atom. The lowest BCUT2D eigenvalue weighted by Gasteiger charge is -2.22. The lowest BCUT2D eigenvalue weighted by molar-refractivity contribution is 0.295. The summed E-state index contributed by atoms with van der Waals surface area (Å²) in [6.07, 6.45) is 0.576. The standard InChI is InChI=1S/C11H14FNO3S/c1-8(7-14)17(15,16)13-5-4-9-2-3-10(12)6-11(9)13/h2-3,6,8,14H,4-5,7H2,1H3. The van der Waals surface area contributed by atoms with E-state index in [-0.39, 0.29) is 0 Å². The smallest absolute Gasteiger partial charge is 0.240 e. The molecule has 17 heavy (non-hydrogen) atoms. The summed E-state index contributed by atoms with van der Waals surface area (Å²) in [5, 5.41) is 8.08. The van der Waals surface area contributed by atoms with Gasteiger partial charge in [-0.1, -0.05) is 6.07 Å². The van der Waals surface area contributed by atoms with Crippen LogP contribution in [0.25, 0.3) is 0 Å². The van der Waals surface area contributed by atoms with Crippen molar-refractivity contribution in [2.24, 2.45) is 0 Å². The van der Waals surface area contributed by atoms with E-state index in [1.165, 1.54) is 23.4 Å². The van der Waals surface area contributed by atoms with Crippen molar-refractivity contribution in [3.63, 3.8) is 0 Å². The molecule has 1 heterocycles. The quantitative estimate of drug-likeness (QED) is 0.877. The molecule has 0 saturated heterocycles. The molecule has 0 aliphatic carbocycles. The third kappa shape index (κ3) is 2.02. The summed E-state index contributed by atoms with van der Waals surface area (Å²) in [5.74, 6) is -0.456. The van der Waals surface area contributed by atoms with Crippen molar-refractivity contribution in [2.45, 2.75) is 18.6 Å². The van der Waals surface area contributed by atoms with Gasteiger partial charge in [-0.05, 0) is 31.0 Å². The highest BCUT2D eigenvalue weighted by atomic mass is 32.2. The van der Waals surface area contributed by atoms with Crippen molar-refractivity contribution in [1.82, 2.24) is 0 Å². The minimum absolute atomic E-state index is 0.311. The predicted octanol–water partition coefficient (Wildman–Crippen LogP) is 0.899. The van der Waals surface area contributed by atoms with Gasteiger partial charge in [0.1, 0.15) is 11.1 Å². The van der Waals surface area contributed by atoms with Gasteiger partial charge in [0.15, 0.2) is 0 Å². The lowest BCUT2D eigenvalue weighted by Crippen LogP contribution is -2.38. The van der Waals surface area contributed by atoms with Crippen LogP contribution in [-0.4, -0.2) is 31.9 Å². The Bertz CT molecular complexity index is 530. The summed E-state index contributed by atoms with van der Waals surface area (Å²) >= 11 is 0. The molecule has 1 N–H and O–H groups in total. The van der Waals surface area contributed by atoms with Gasteiger partial charge >= 0.3 is 0 Å². The first-order chi connectivity index (χ1) is 7.96. The van der Waals surface area contributed by atoms with Gasteiger partial charge in [0.05, 0.1) is 12.3 Å². The normalized spacial score (nSPS) is 17.0. The number of aliphatic hydroxyl groups excluding tert-OH is 1. The zero-order chi connectivity index (χ0) is 12.6. The van der Waals surface area contributed by atoms with E-state index in [4.69, 9.17) is 5.11 Å². The number of hydrogen-bond donors (Lipinski definition) is 1. The van der Waals surface area contributed by atoms with E-state index >= 15 is 0 Å². The minimum atomic E-state index is -3.60. The molecule has 0 radical (unpaired) electrons. The molecule has 0 saturated carbocycles. The van der Waals surface area contributed by atoms with Crippen LogP contribution in [0.3, 0.4) is 0 Å². The first-order valence-corrected chi connectivity index (χ1v) is 6.88. The van der Waals surface area contributed by atoms with E-state index in [0.717, 1.165) is 5.56 Å². The summed E-state index contributed by atoms with van der Waals surface area (Å²) < 4.78 is 38.5. The molecular weight excluding hydrogens is 245 g/mol. The molecule has 1 aliphatic heterocycles. The van der Waals surface area contributed by atoms with Gasteiger partial charge in [0.25, 0.3) is 0 Å². The molecule has 0 bridgehead atoms. The van der Waals surface area contributed by atoms with Crippen LogP contribution in [0.4, 0.5) is 10.1 Å². The molecule has 1 aliphatic rings. The van der Waals surface area contributed by atoms with E-state index in [1.54, 1.807) is 6.07 Å². The molecule has 0 amide bonds. The second kappa shape index (κ2) is 4.27. The average molecular weight is 259 g/mol. The summed E-state index contributed by atoms with van der Waals surface area (Å²) in [4.78, 5) is 0. The number of rotatable bonds is 3. The fraction of sp³-hybridized carbons (Fsp3) is 0.455. The Morgan fingerprint density at radius 3 is 2.88 bits per heavy atom. The van der Waals surface area contributed by atoms with Crippen LogP contribution < -0.4 is 4.31 Å². The average Bonchev–Trinajstić information content (AvgIpc) is 2.71. The highest BCUT2D eigenvalue weighted by Gasteiger charge is 2.33. The Balaban J connectivity index is 2.43. The molecule has 94 valence electrons. The Kier molecular flexibility index (Phi) is 3.09. The van der Waals surface area contributed by atoms with Gasteiger partial charge in [-0.25, -0.2) is 12.8 Å². The van der Waals surface area contributed by atoms with Crippen molar-refractivity contribution in [3.05, 3.63) is 29.6 Å². The summed E-state index contributed by atoms with van der Waals surface area (Å²) in [6, 6.07) is 4.15. The maximum atomic E-state index is 13.1. The van der Waals surface area contributed by atoms with Crippen molar-refractivity contribution < 1.29 is 17.9 Å². The van der Waals surface area contributed by atoms with Crippen LogP contribution in [0, 0.1) is 5.82 Å². The van der Waals surface area contributed by atoms with Crippen molar-refractivity contribution in [3.8, 4) is 0 Å². The third-order valence-corrected chi connectivity index (χ3v) is 5.13. The molecule has 1 aromatic carbocycles. The second-order valence-corrected chi connectivity index (χ2v) is 6.41. The lowest BCUT2D eigenvalue weighted by atomic mass is 10.2. The largest absolute Gasteiger partial charge is 0.395 e. The number of aliphatic hydroxyl groups is 1. The van der Waals surface area contributed by atoms with Gasteiger partial charge in [-0.2, -0.15) is 0 Å². The molecule has 0 aromatic heterocycles. The Labute approximate surface area is 99.7 Å². The van der Waals surface area contributed by atoms with Crippen LogP contribution in [0.1, 0.15) is 12.5 Å². The van der Waals surface area contributed by atoms with Gasteiger partial charge in [0.2, 0.25) is 10.0 Å². The minimum Gasteiger partial charge on any atom is -0.395 e. The van der Waals surface area contributed by atoms with E-state index in [1.807, 2.05) is 0 Å². The van der Waals surface area contributed by atoms with Crippen LogP contribution in [0.5, 0.6) is 0 Å². The first-order valence-electron chi connectivity index (χ1n) is 5.37. The topological polar surface area (TPSA) is 57.6 Å². The number of benzene rings is 1. The number of nitrogens with zero attached hydrogens (tertiary/aromatic N) is 1. The molecule has 4 nitrogen and oxygen atoms in total. The SMILES string of the molecule is CC(CO)S(=O)(=O)N1CCc2ccc(F)cc21. The van der Waals surface area contributed by atoms with Crippen molar-refractivity contribution in [1.29, 1.82) is 0 Å². The van der Waals surface area contributed by atoms with Crippen LogP contribution in [0.2, 0.25) is 0 Å². The van der Waals surface area contributed by atoms with Gasteiger partial charge < -0.3 is 5.11 Å². The Hall–Kier alpha value is -1.14. The van der Waals surface area contributed by atoms with Crippen molar-refractivity contribution >= 4 is 15.7 Å². The second-order valence-electron chi connectivity index (χ2n) is 4.13. The van der Waals surface area contributed by atoms with Crippen LogP contribution in [-0.2, 0) is 16.4 Å². The number of anilines is 1. The predicted molar refractivity (Wildman–Crippen MR) is 62.9 cm³/mol. The van der Waals surface area contributed by atoms with E-state index in [0.29, 0.717) is 18.7 Å². The van der Waals surface area contributed by atoms with Crippen molar-refractivity contribution in [2.75, 3.05) is 17.5 Å². The number of fused-ring (bicyclic) bond motifs is 1. The maximum absolute atomic E-state index is 13.1. The van der Waals surface area contributed by atoms with E-state index in [2.05, 4.69) is 0 Å². The third-order valence-electron chi connectivity index (χ3n) is 2.97. The zero-order valence-electron chi connectivity index (χ0n) is 9.43. The molecular formula is C11H14FNO3S. The highest BCUT2D eigenvalue weighted by molar-refractivity contribution is 7.93. The molecule has 0 spiro atoms. The fourth-order valence-corrected chi connectivity index (χ4v) is 3.31. The van der Waals surface area contributed by atoms with E-state index in [9.17, 15) is 12.8 Å². The van der Waals surface area contributed by atoms with Gasteiger partial charge in [-0.15, -0.1) is 0 Å². The zero-order valence-corrected chi connectivity index (χ0v) is 10.2. The molecule has 2 rings (SSSR count). The molecule has 1 aromatic rings. The summed E-state index contributed by atoms with van der Waals surface area (Å²) in [5.41, 5.74) is 1.21. The molecule has 1 unspecified atom stereocenters. The number of sulfonamides is 1. The molecule has 0 fully saturated rings. The Morgan fingerprint density at radius 1 is 1.53 bits per heavy atom. The molecule has 1 atom stereocenters. The van der Waals surface area contributed by atoms with Gasteiger partial charge in [0, 0.05) is 6.54 Å². The highest BCUT2D eigenvalue weighted by Crippen LogP contribution is 2.32. The molecule has 6 heteroatoms. The fourth-order valence-electron chi connectivity index (χ4n) is 1.90. The number of halogens is 1. The first kappa shape index (κ1) is 12.3. The van der Waals surface area contributed by atoms with Crippen LogP contribution >= 0.6 is 0 Å². The van der Waals surface area contributed by atoms with Gasteiger partial charge in [-0.3, -0.25) is 4.31 Å². The number of hydrogen-bond acceptors (Lipinski definition) is 3. The van der Waals surface area contributed by atoms with E-state index < -0.39 is 27.7 Å². The summed E-state index contributed by atoms with van der Waals surface area (Å²) in [7, 11) is -3.60. The maximum Gasteiger partial charge on any atom is 0.240 e.